The molecule has 0 atom stereocenters. The minimum Gasteiger partial charge on any atom is -0.460 e. The van der Waals surface area contributed by atoms with Gasteiger partial charge in [-0.05, 0) is 30.2 Å². The largest absolute Gasteiger partial charge is 0.460 e. The van der Waals surface area contributed by atoms with E-state index in [0.29, 0.717) is 18.0 Å². The van der Waals surface area contributed by atoms with Crippen LogP contribution in [0.25, 0.3) is 11.5 Å². The molecule has 4 rings (SSSR count). The Morgan fingerprint density at radius 3 is 2.61 bits per heavy atom. The average molecular weight is 414 g/mol. The van der Waals surface area contributed by atoms with Gasteiger partial charge in [0.25, 0.3) is 0 Å². The standard InChI is InChI=1S/C24H22N4O3/c1-17-6-5-9-19(12-17)14-25-21-11-10-20(15-26-21)24-28-27-22(31-24)13-23(29)30-16-18-7-3-2-4-8-18/h2-12,15H,13-14,16H2,1H3,(H,25,26). The molecule has 7 heteroatoms. The highest BCUT2D eigenvalue weighted by Crippen LogP contribution is 2.19. The van der Waals surface area contributed by atoms with Crippen LogP contribution in [-0.4, -0.2) is 21.2 Å². The summed E-state index contributed by atoms with van der Waals surface area (Å²) in [6.07, 6.45) is 1.58. The number of esters is 1. The number of benzene rings is 2. The molecule has 0 fully saturated rings. The predicted octanol–water partition coefficient (Wildman–Crippen LogP) is 4.34. The van der Waals surface area contributed by atoms with Crippen molar-refractivity contribution in [2.24, 2.45) is 0 Å². The second-order valence-corrected chi connectivity index (χ2v) is 7.10. The zero-order chi connectivity index (χ0) is 21.5. The lowest BCUT2D eigenvalue weighted by Gasteiger charge is -2.06. The Morgan fingerprint density at radius 1 is 1.00 bits per heavy atom. The normalized spacial score (nSPS) is 10.6. The van der Waals surface area contributed by atoms with Crippen LogP contribution in [0.4, 0.5) is 5.82 Å². The fourth-order valence-electron chi connectivity index (χ4n) is 2.99. The second-order valence-electron chi connectivity index (χ2n) is 7.10. The van der Waals surface area contributed by atoms with Crippen LogP contribution in [0.15, 0.2) is 77.3 Å². The first-order valence-corrected chi connectivity index (χ1v) is 9.93. The van der Waals surface area contributed by atoms with Crippen LogP contribution in [0.2, 0.25) is 0 Å². The van der Waals surface area contributed by atoms with E-state index in [2.05, 4.69) is 45.6 Å². The number of rotatable bonds is 8. The van der Waals surface area contributed by atoms with E-state index in [1.165, 1.54) is 11.1 Å². The Bertz CT molecular complexity index is 1140. The van der Waals surface area contributed by atoms with E-state index < -0.39 is 5.97 Å². The minimum atomic E-state index is -0.423. The zero-order valence-corrected chi connectivity index (χ0v) is 17.1. The first-order chi connectivity index (χ1) is 15.2. The van der Waals surface area contributed by atoms with Crippen molar-refractivity contribution < 1.29 is 13.9 Å². The topological polar surface area (TPSA) is 90.1 Å². The average Bonchev–Trinajstić information content (AvgIpc) is 3.26. The summed E-state index contributed by atoms with van der Waals surface area (Å²) in [6, 6.07) is 21.5. The zero-order valence-electron chi connectivity index (χ0n) is 17.1. The molecular formula is C24H22N4O3. The molecule has 31 heavy (non-hydrogen) atoms. The maximum absolute atomic E-state index is 12.0. The van der Waals surface area contributed by atoms with Gasteiger partial charge in [-0.2, -0.15) is 0 Å². The molecule has 0 aliphatic heterocycles. The molecule has 0 saturated carbocycles. The van der Waals surface area contributed by atoms with Crippen LogP contribution < -0.4 is 5.32 Å². The molecule has 0 unspecified atom stereocenters. The smallest absolute Gasteiger partial charge is 0.315 e. The molecule has 2 aromatic carbocycles. The lowest BCUT2D eigenvalue weighted by molar-refractivity contribution is -0.144. The summed E-state index contributed by atoms with van der Waals surface area (Å²) in [4.78, 5) is 16.4. The number of carbonyl (C=O) groups excluding carboxylic acids is 1. The van der Waals surface area contributed by atoms with Gasteiger partial charge in [-0.3, -0.25) is 4.79 Å². The van der Waals surface area contributed by atoms with Crippen molar-refractivity contribution in [3.63, 3.8) is 0 Å². The summed E-state index contributed by atoms with van der Waals surface area (Å²) in [5.41, 5.74) is 4.01. The molecule has 2 heterocycles. The molecule has 4 aromatic rings. The Labute approximate surface area is 180 Å². The number of ether oxygens (including phenoxy) is 1. The number of anilines is 1. The van der Waals surface area contributed by atoms with E-state index in [1.807, 2.05) is 48.5 Å². The van der Waals surface area contributed by atoms with Gasteiger partial charge in [-0.15, -0.1) is 10.2 Å². The van der Waals surface area contributed by atoms with Crippen LogP contribution in [0.1, 0.15) is 22.6 Å². The quantitative estimate of drug-likeness (QED) is 0.429. The lowest BCUT2D eigenvalue weighted by atomic mass is 10.1. The second kappa shape index (κ2) is 9.67. The van der Waals surface area contributed by atoms with Crippen LogP contribution in [0.3, 0.4) is 0 Å². The first kappa shape index (κ1) is 20.3. The van der Waals surface area contributed by atoms with Gasteiger partial charge in [0.15, 0.2) is 0 Å². The fraction of sp³-hybridized carbons (Fsp3) is 0.167. The van der Waals surface area contributed by atoms with Crippen molar-refractivity contribution in [2.45, 2.75) is 26.5 Å². The van der Waals surface area contributed by atoms with Gasteiger partial charge in [0.05, 0.1) is 5.56 Å². The summed E-state index contributed by atoms with van der Waals surface area (Å²) in [5.74, 6) is 0.834. The van der Waals surface area contributed by atoms with E-state index in [4.69, 9.17) is 9.15 Å². The number of pyridine rings is 1. The number of nitrogens with one attached hydrogen (secondary N) is 1. The molecule has 0 amide bonds. The number of nitrogens with zero attached hydrogens (tertiary/aromatic N) is 3. The van der Waals surface area contributed by atoms with Crippen LogP contribution in [0.5, 0.6) is 0 Å². The number of aromatic nitrogens is 3. The van der Waals surface area contributed by atoms with Gasteiger partial charge in [-0.1, -0.05) is 60.2 Å². The van der Waals surface area contributed by atoms with E-state index in [9.17, 15) is 4.79 Å². The van der Waals surface area contributed by atoms with Crippen molar-refractivity contribution in [3.05, 3.63) is 95.5 Å². The molecule has 2 aromatic heterocycles. The highest BCUT2D eigenvalue weighted by atomic mass is 16.5. The molecule has 0 saturated heterocycles. The predicted molar refractivity (Wildman–Crippen MR) is 116 cm³/mol. The summed E-state index contributed by atoms with van der Waals surface area (Å²) in [5, 5.41) is 11.2. The molecule has 7 nitrogen and oxygen atoms in total. The maximum atomic E-state index is 12.0. The molecule has 156 valence electrons. The van der Waals surface area contributed by atoms with Crippen molar-refractivity contribution >= 4 is 11.8 Å². The minimum absolute atomic E-state index is 0.0800. The Kier molecular flexibility index (Phi) is 6.32. The molecule has 1 N–H and O–H groups in total. The van der Waals surface area contributed by atoms with Crippen molar-refractivity contribution in [1.82, 2.24) is 15.2 Å². The third-order valence-electron chi connectivity index (χ3n) is 4.57. The van der Waals surface area contributed by atoms with Gasteiger partial charge in [0.1, 0.15) is 18.8 Å². The van der Waals surface area contributed by atoms with Gasteiger partial charge in [0.2, 0.25) is 11.8 Å². The van der Waals surface area contributed by atoms with Gasteiger partial charge < -0.3 is 14.5 Å². The molecule has 0 aliphatic carbocycles. The van der Waals surface area contributed by atoms with Gasteiger partial charge in [-0.25, -0.2) is 4.98 Å². The summed E-state index contributed by atoms with van der Waals surface area (Å²) < 4.78 is 10.8. The third kappa shape index (κ3) is 5.76. The molecule has 0 bridgehead atoms. The third-order valence-corrected chi connectivity index (χ3v) is 4.57. The molecule has 0 radical (unpaired) electrons. The van der Waals surface area contributed by atoms with E-state index in [0.717, 1.165) is 11.4 Å². The molecule has 0 spiro atoms. The van der Waals surface area contributed by atoms with Crippen molar-refractivity contribution in [1.29, 1.82) is 0 Å². The fourth-order valence-corrected chi connectivity index (χ4v) is 2.99. The van der Waals surface area contributed by atoms with Gasteiger partial charge >= 0.3 is 5.97 Å². The Balaban J connectivity index is 1.30. The first-order valence-electron chi connectivity index (χ1n) is 9.93. The maximum Gasteiger partial charge on any atom is 0.315 e. The number of hydrogen-bond acceptors (Lipinski definition) is 7. The number of hydrogen-bond donors (Lipinski definition) is 1. The van der Waals surface area contributed by atoms with E-state index in [1.54, 1.807) is 6.20 Å². The monoisotopic (exact) mass is 414 g/mol. The van der Waals surface area contributed by atoms with Gasteiger partial charge in [0, 0.05) is 12.7 Å². The van der Waals surface area contributed by atoms with Crippen molar-refractivity contribution in [2.75, 3.05) is 5.32 Å². The SMILES string of the molecule is Cc1cccc(CNc2ccc(-c3nnc(CC(=O)OCc4ccccc4)o3)cn2)c1. The van der Waals surface area contributed by atoms with Crippen LogP contribution in [-0.2, 0) is 29.1 Å². The molecule has 0 aliphatic rings. The number of carbonyl (C=O) groups is 1. The summed E-state index contributed by atoms with van der Waals surface area (Å²) in [7, 11) is 0. The summed E-state index contributed by atoms with van der Waals surface area (Å²) >= 11 is 0. The highest BCUT2D eigenvalue weighted by molar-refractivity contribution is 5.71. The number of aryl methyl sites for hydroxylation is 1. The van der Waals surface area contributed by atoms with E-state index >= 15 is 0 Å². The molecular weight excluding hydrogens is 392 g/mol. The Morgan fingerprint density at radius 2 is 1.84 bits per heavy atom. The summed E-state index contributed by atoms with van der Waals surface area (Å²) in [6.45, 7) is 2.96. The van der Waals surface area contributed by atoms with Crippen LogP contribution in [0, 0.1) is 6.92 Å². The lowest BCUT2D eigenvalue weighted by Crippen LogP contribution is -2.08. The van der Waals surface area contributed by atoms with E-state index in [-0.39, 0.29) is 18.9 Å². The highest BCUT2D eigenvalue weighted by Gasteiger charge is 2.14. The van der Waals surface area contributed by atoms with Crippen molar-refractivity contribution in [3.8, 4) is 11.5 Å². The van der Waals surface area contributed by atoms with Crippen LogP contribution >= 0.6 is 0 Å². The Hall–Kier alpha value is -4.00.